The van der Waals surface area contributed by atoms with Crippen LogP contribution in [0.15, 0.2) is 11.1 Å². The van der Waals surface area contributed by atoms with E-state index in [1.54, 1.807) is 0 Å². The number of fused-ring (bicyclic) bond motifs is 2. The zero-order chi connectivity index (χ0) is 14.2. The van der Waals surface area contributed by atoms with E-state index in [-0.39, 0.29) is 23.9 Å². The minimum atomic E-state index is -1.05. The SMILES string of the molecule is CC1=C2[C@H](O)[C@H](O)[C@@]2(CO)[C@@H](O)[C@@H]2CC(C)(C)C[C@H]12. The molecule has 0 heterocycles. The molecule has 0 aromatic heterocycles. The molecule has 3 aliphatic carbocycles. The van der Waals surface area contributed by atoms with Crippen molar-refractivity contribution in [2.75, 3.05) is 6.61 Å². The van der Waals surface area contributed by atoms with Gasteiger partial charge in [-0.2, -0.15) is 0 Å². The third-order valence-electron chi connectivity index (χ3n) is 5.88. The lowest BCUT2D eigenvalue weighted by atomic mass is 9.49. The maximum atomic E-state index is 10.7. The van der Waals surface area contributed by atoms with Crippen LogP contribution in [0.5, 0.6) is 0 Å². The standard InChI is InChI=1S/C15H24O4/c1-7-8-4-14(2,3)5-9(8)12(18)15(6-16)10(7)11(17)13(15)19/h8-9,11-13,16-19H,4-6H2,1-3H3/t8-,9-,11+,12+,13+,15-/m1/s1. The van der Waals surface area contributed by atoms with Gasteiger partial charge in [0.2, 0.25) is 0 Å². The van der Waals surface area contributed by atoms with Crippen molar-refractivity contribution in [3.63, 3.8) is 0 Å². The summed E-state index contributed by atoms with van der Waals surface area (Å²) < 4.78 is 0. The predicted octanol–water partition coefficient (Wildman–Crippen LogP) is 0.444. The second-order valence-corrected chi connectivity index (χ2v) is 7.47. The first kappa shape index (κ1) is 13.6. The topological polar surface area (TPSA) is 80.9 Å². The number of aliphatic hydroxyl groups excluding tert-OH is 4. The fourth-order valence-electron chi connectivity index (χ4n) is 4.98. The van der Waals surface area contributed by atoms with Crippen LogP contribution < -0.4 is 0 Å². The molecule has 4 N–H and O–H groups in total. The maximum Gasteiger partial charge on any atom is 0.103 e. The first-order valence-corrected chi connectivity index (χ1v) is 7.12. The Morgan fingerprint density at radius 2 is 1.74 bits per heavy atom. The van der Waals surface area contributed by atoms with E-state index >= 15 is 0 Å². The van der Waals surface area contributed by atoms with Gasteiger partial charge < -0.3 is 20.4 Å². The molecule has 0 aliphatic heterocycles. The monoisotopic (exact) mass is 268 g/mol. The van der Waals surface area contributed by atoms with E-state index in [0.29, 0.717) is 5.57 Å². The first-order chi connectivity index (χ1) is 8.76. The Hall–Kier alpha value is -0.420. The Kier molecular flexibility index (Phi) is 2.72. The van der Waals surface area contributed by atoms with Gasteiger partial charge in [-0.15, -0.1) is 0 Å². The first-order valence-electron chi connectivity index (χ1n) is 7.12. The highest BCUT2D eigenvalue weighted by molar-refractivity contribution is 5.44. The molecule has 2 saturated carbocycles. The van der Waals surface area contributed by atoms with Gasteiger partial charge in [-0.05, 0) is 42.6 Å². The van der Waals surface area contributed by atoms with Crippen molar-refractivity contribution in [3.05, 3.63) is 11.1 Å². The second-order valence-electron chi connectivity index (χ2n) is 7.47. The summed E-state index contributed by atoms with van der Waals surface area (Å²) in [6.07, 6.45) is -0.850. The van der Waals surface area contributed by atoms with E-state index in [1.807, 2.05) is 6.92 Å². The van der Waals surface area contributed by atoms with Crippen molar-refractivity contribution in [2.45, 2.75) is 51.9 Å². The normalized spacial score (nSPS) is 51.6. The summed E-state index contributed by atoms with van der Waals surface area (Å²) in [6.45, 7) is 6.06. The van der Waals surface area contributed by atoms with Gasteiger partial charge >= 0.3 is 0 Å². The van der Waals surface area contributed by atoms with E-state index in [1.165, 1.54) is 0 Å². The van der Waals surface area contributed by atoms with Crippen LogP contribution in [0.3, 0.4) is 0 Å². The van der Waals surface area contributed by atoms with E-state index in [0.717, 1.165) is 18.4 Å². The van der Waals surface area contributed by atoms with Crippen LogP contribution in [0.4, 0.5) is 0 Å². The lowest BCUT2D eigenvalue weighted by molar-refractivity contribution is -0.196. The molecule has 2 fully saturated rings. The lowest BCUT2D eigenvalue weighted by Gasteiger charge is -2.60. The van der Waals surface area contributed by atoms with Crippen molar-refractivity contribution in [1.82, 2.24) is 0 Å². The fraction of sp³-hybridized carbons (Fsp3) is 0.867. The van der Waals surface area contributed by atoms with Gasteiger partial charge in [0.25, 0.3) is 0 Å². The maximum absolute atomic E-state index is 10.7. The summed E-state index contributed by atoms with van der Waals surface area (Å²) >= 11 is 0. The van der Waals surface area contributed by atoms with Gasteiger partial charge in [0.15, 0.2) is 0 Å². The molecule has 0 saturated heterocycles. The summed E-state index contributed by atoms with van der Waals surface area (Å²) in [6, 6.07) is 0. The second kappa shape index (κ2) is 3.82. The molecule has 0 spiro atoms. The Morgan fingerprint density at radius 1 is 1.11 bits per heavy atom. The Morgan fingerprint density at radius 3 is 2.32 bits per heavy atom. The number of rotatable bonds is 1. The number of hydrogen-bond acceptors (Lipinski definition) is 4. The van der Waals surface area contributed by atoms with Crippen LogP contribution in [0, 0.1) is 22.7 Å². The molecular weight excluding hydrogens is 244 g/mol. The van der Waals surface area contributed by atoms with E-state index < -0.39 is 23.7 Å². The number of hydrogen-bond donors (Lipinski definition) is 4. The molecule has 4 nitrogen and oxygen atoms in total. The highest BCUT2D eigenvalue weighted by Crippen LogP contribution is 2.63. The van der Waals surface area contributed by atoms with E-state index in [2.05, 4.69) is 13.8 Å². The van der Waals surface area contributed by atoms with Crippen molar-refractivity contribution >= 4 is 0 Å². The molecule has 4 heteroatoms. The Balaban J connectivity index is 2.09. The van der Waals surface area contributed by atoms with E-state index in [9.17, 15) is 20.4 Å². The van der Waals surface area contributed by atoms with Crippen molar-refractivity contribution in [1.29, 1.82) is 0 Å². The average Bonchev–Trinajstić information content (AvgIpc) is 2.68. The van der Waals surface area contributed by atoms with Gasteiger partial charge in [-0.1, -0.05) is 19.4 Å². The fourth-order valence-corrected chi connectivity index (χ4v) is 4.98. The number of aliphatic hydroxyl groups is 4. The van der Waals surface area contributed by atoms with Gasteiger partial charge in [-0.25, -0.2) is 0 Å². The summed E-state index contributed by atoms with van der Waals surface area (Å²) in [5.74, 6) is 0.342. The molecule has 0 aromatic rings. The van der Waals surface area contributed by atoms with Crippen LogP contribution in [0.25, 0.3) is 0 Å². The average molecular weight is 268 g/mol. The van der Waals surface area contributed by atoms with Gasteiger partial charge in [0.1, 0.15) is 6.10 Å². The molecule has 3 aliphatic rings. The van der Waals surface area contributed by atoms with Gasteiger partial charge in [0.05, 0.1) is 24.2 Å². The van der Waals surface area contributed by atoms with Gasteiger partial charge in [-0.3, -0.25) is 0 Å². The molecule has 108 valence electrons. The highest BCUT2D eigenvalue weighted by atomic mass is 16.3. The lowest BCUT2D eigenvalue weighted by Crippen LogP contribution is -2.69. The highest BCUT2D eigenvalue weighted by Gasteiger charge is 2.67. The molecule has 0 unspecified atom stereocenters. The zero-order valence-corrected chi connectivity index (χ0v) is 11.8. The molecule has 0 radical (unpaired) electrons. The van der Waals surface area contributed by atoms with Crippen LogP contribution >= 0.6 is 0 Å². The predicted molar refractivity (Wildman–Crippen MR) is 70.2 cm³/mol. The summed E-state index contributed by atoms with van der Waals surface area (Å²) in [4.78, 5) is 0. The Labute approximate surface area is 113 Å². The molecule has 0 aromatic carbocycles. The molecular formula is C15H24O4. The summed E-state index contributed by atoms with van der Waals surface area (Å²) in [5, 5.41) is 40.5. The minimum Gasteiger partial charge on any atom is -0.395 e. The quantitative estimate of drug-likeness (QED) is 0.520. The minimum absolute atomic E-state index is 0.0769. The van der Waals surface area contributed by atoms with Crippen LogP contribution in [-0.4, -0.2) is 45.3 Å². The molecule has 0 bridgehead atoms. The Bertz CT molecular complexity index is 441. The van der Waals surface area contributed by atoms with Crippen LogP contribution in [-0.2, 0) is 0 Å². The van der Waals surface area contributed by atoms with Crippen LogP contribution in [0.1, 0.15) is 33.6 Å². The molecule has 19 heavy (non-hydrogen) atoms. The molecule has 3 rings (SSSR count). The number of allylic oxidation sites excluding steroid dienone is 1. The molecule has 0 amide bonds. The zero-order valence-electron chi connectivity index (χ0n) is 11.8. The smallest absolute Gasteiger partial charge is 0.103 e. The third-order valence-corrected chi connectivity index (χ3v) is 5.88. The largest absolute Gasteiger partial charge is 0.395 e. The third kappa shape index (κ3) is 1.43. The van der Waals surface area contributed by atoms with Crippen LogP contribution in [0.2, 0.25) is 0 Å². The van der Waals surface area contributed by atoms with Gasteiger partial charge in [0, 0.05) is 0 Å². The van der Waals surface area contributed by atoms with E-state index in [4.69, 9.17) is 0 Å². The van der Waals surface area contributed by atoms with Crippen molar-refractivity contribution in [3.8, 4) is 0 Å². The summed E-state index contributed by atoms with van der Waals surface area (Å²) in [5.41, 5.74) is 0.904. The molecule has 6 atom stereocenters. The van der Waals surface area contributed by atoms with Crippen molar-refractivity contribution in [2.24, 2.45) is 22.7 Å². The summed E-state index contributed by atoms with van der Waals surface area (Å²) in [7, 11) is 0. The van der Waals surface area contributed by atoms with Crippen molar-refractivity contribution < 1.29 is 20.4 Å².